The first-order chi connectivity index (χ1) is 6.75. The van der Waals surface area contributed by atoms with E-state index in [1.54, 1.807) is 0 Å². The molecule has 0 aliphatic carbocycles. The van der Waals surface area contributed by atoms with E-state index in [1.165, 1.54) is 10.9 Å². The van der Waals surface area contributed by atoms with Crippen LogP contribution in [0.15, 0.2) is 46.0 Å². The largest absolute Gasteiger partial charge is 0.330 e. The molecule has 0 bridgehead atoms. The highest BCUT2D eigenvalue weighted by atomic mass is 79.9. The Balaban J connectivity index is 2.80. The van der Waals surface area contributed by atoms with Gasteiger partial charge in [0.15, 0.2) is 0 Å². The predicted molar refractivity (Wildman–Crippen MR) is 67.5 cm³/mol. The van der Waals surface area contributed by atoms with Gasteiger partial charge in [-0.2, -0.15) is 0 Å². The minimum atomic E-state index is 0.812. The number of nitrogens with zero attached hydrogens (tertiary/aromatic N) is 1. The molecule has 2 aromatic rings. The molecule has 1 aromatic heterocycles. The molecule has 3 heteroatoms. The fourth-order valence-corrected chi connectivity index (χ4v) is 2.64. The minimum absolute atomic E-state index is 0.812. The lowest BCUT2D eigenvalue weighted by atomic mass is 10.2. The number of fused-ring (bicyclic) bond motifs is 1. The fourth-order valence-electron chi connectivity index (χ4n) is 1.54. The van der Waals surface area contributed by atoms with Crippen LogP contribution >= 0.6 is 31.9 Å². The topological polar surface area (TPSA) is 4.93 Å². The van der Waals surface area contributed by atoms with E-state index in [2.05, 4.69) is 55.1 Å². The van der Waals surface area contributed by atoms with Crippen LogP contribution in [0.2, 0.25) is 0 Å². The molecule has 2 rings (SSSR count). The van der Waals surface area contributed by atoms with Crippen LogP contribution in [0.4, 0.5) is 0 Å². The number of allylic oxidation sites excluding steroid dienone is 1. The molecule has 1 aromatic carbocycles. The number of hydrogen-bond acceptors (Lipinski definition) is 0. The molecule has 0 N–H and O–H groups in total. The van der Waals surface area contributed by atoms with E-state index in [1.807, 2.05) is 18.2 Å². The van der Waals surface area contributed by atoms with Crippen LogP contribution in [0.3, 0.4) is 0 Å². The summed E-state index contributed by atoms with van der Waals surface area (Å²) in [5, 5.41) is 1.22. The number of rotatable bonds is 2. The summed E-state index contributed by atoms with van der Waals surface area (Å²) in [5.41, 5.74) is 1.21. The molecule has 1 heterocycles. The number of para-hydroxylation sites is 1. The van der Waals surface area contributed by atoms with Gasteiger partial charge in [0.25, 0.3) is 0 Å². The van der Waals surface area contributed by atoms with Crippen LogP contribution < -0.4 is 0 Å². The third kappa shape index (κ3) is 1.44. The van der Waals surface area contributed by atoms with E-state index in [0.717, 1.165) is 15.6 Å². The highest BCUT2D eigenvalue weighted by Crippen LogP contribution is 2.34. The maximum Gasteiger partial charge on any atom is 0.100 e. The van der Waals surface area contributed by atoms with Crippen LogP contribution in [-0.2, 0) is 6.54 Å². The van der Waals surface area contributed by atoms with Crippen molar-refractivity contribution in [3.05, 3.63) is 46.0 Å². The summed E-state index contributed by atoms with van der Waals surface area (Å²) in [4.78, 5) is 0. The summed E-state index contributed by atoms with van der Waals surface area (Å²) < 4.78 is 4.35. The summed E-state index contributed by atoms with van der Waals surface area (Å²) >= 11 is 7.13. The Morgan fingerprint density at radius 2 is 2.00 bits per heavy atom. The Morgan fingerprint density at radius 1 is 1.29 bits per heavy atom. The number of aromatic nitrogens is 1. The molecule has 0 saturated carbocycles. The Bertz CT molecular complexity index is 485. The van der Waals surface area contributed by atoms with Gasteiger partial charge in [0.1, 0.15) is 4.60 Å². The van der Waals surface area contributed by atoms with Crippen LogP contribution in [0, 0.1) is 0 Å². The van der Waals surface area contributed by atoms with Crippen molar-refractivity contribution in [1.82, 2.24) is 4.57 Å². The molecule has 0 atom stereocenters. The molecule has 0 radical (unpaired) electrons. The second-order valence-corrected chi connectivity index (χ2v) is 4.57. The quantitative estimate of drug-likeness (QED) is 0.726. The van der Waals surface area contributed by atoms with Crippen molar-refractivity contribution in [3.8, 4) is 0 Å². The zero-order valence-electron chi connectivity index (χ0n) is 7.50. The predicted octanol–water partition coefficient (Wildman–Crippen LogP) is 4.35. The smallest absolute Gasteiger partial charge is 0.100 e. The number of halogens is 2. The second kappa shape index (κ2) is 3.91. The number of benzene rings is 1. The number of hydrogen-bond donors (Lipinski definition) is 0. The summed E-state index contributed by atoms with van der Waals surface area (Å²) in [6.07, 6.45) is 1.89. The van der Waals surface area contributed by atoms with Gasteiger partial charge in [-0.3, -0.25) is 0 Å². The molecule has 0 amide bonds. The van der Waals surface area contributed by atoms with E-state index in [9.17, 15) is 0 Å². The van der Waals surface area contributed by atoms with E-state index in [4.69, 9.17) is 0 Å². The van der Waals surface area contributed by atoms with E-state index in [0.29, 0.717) is 0 Å². The lowest BCUT2D eigenvalue weighted by molar-refractivity contribution is 0.841. The molecule has 0 saturated heterocycles. The van der Waals surface area contributed by atoms with Crippen molar-refractivity contribution in [2.75, 3.05) is 0 Å². The zero-order valence-corrected chi connectivity index (χ0v) is 10.7. The SMILES string of the molecule is C=CCn1c(Br)c(Br)c2ccccc21. The van der Waals surface area contributed by atoms with Gasteiger partial charge in [-0.15, -0.1) is 6.58 Å². The van der Waals surface area contributed by atoms with Crippen LogP contribution in [0.25, 0.3) is 10.9 Å². The summed E-state index contributed by atoms with van der Waals surface area (Å²) in [6, 6.07) is 8.29. The first-order valence-corrected chi connectivity index (χ1v) is 5.87. The Labute approximate surface area is 99.7 Å². The average Bonchev–Trinajstić information content (AvgIpc) is 2.45. The highest BCUT2D eigenvalue weighted by Gasteiger charge is 2.10. The lowest BCUT2D eigenvalue weighted by Crippen LogP contribution is -1.93. The Hall–Kier alpha value is -0.540. The third-order valence-electron chi connectivity index (χ3n) is 2.16. The molecular formula is C11H9Br2N. The summed E-state index contributed by atoms with van der Waals surface area (Å²) in [7, 11) is 0. The minimum Gasteiger partial charge on any atom is -0.330 e. The standard InChI is InChI=1S/C11H9Br2N/c1-2-7-14-9-6-4-3-5-8(9)10(12)11(14)13/h2-6H,1,7H2. The van der Waals surface area contributed by atoms with E-state index in [-0.39, 0.29) is 0 Å². The lowest BCUT2D eigenvalue weighted by Gasteiger charge is -2.02. The summed E-state index contributed by atoms with van der Waals surface area (Å²) in [5.74, 6) is 0. The molecule has 14 heavy (non-hydrogen) atoms. The molecule has 0 spiro atoms. The molecular weight excluding hydrogens is 306 g/mol. The van der Waals surface area contributed by atoms with Crippen LogP contribution in [0.5, 0.6) is 0 Å². The monoisotopic (exact) mass is 313 g/mol. The highest BCUT2D eigenvalue weighted by molar-refractivity contribution is 9.13. The van der Waals surface area contributed by atoms with E-state index < -0.39 is 0 Å². The van der Waals surface area contributed by atoms with Gasteiger partial charge in [-0.25, -0.2) is 0 Å². The van der Waals surface area contributed by atoms with Crippen molar-refractivity contribution in [1.29, 1.82) is 0 Å². The van der Waals surface area contributed by atoms with Crippen molar-refractivity contribution >= 4 is 42.8 Å². The van der Waals surface area contributed by atoms with Crippen molar-refractivity contribution in [3.63, 3.8) is 0 Å². The van der Waals surface area contributed by atoms with Gasteiger partial charge in [0.2, 0.25) is 0 Å². The first-order valence-electron chi connectivity index (χ1n) is 4.29. The van der Waals surface area contributed by atoms with Gasteiger partial charge in [0.05, 0.1) is 9.99 Å². The van der Waals surface area contributed by atoms with Crippen molar-refractivity contribution in [2.45, 2.75) is 6.54 Å². The van der Waals surface area contributed by atoms with Crippen LogP contribution in [-0.4, -0.2) is 4.57 Å². The van der Waals surface area contributed by atoms with Gasteiger partial charge < -0.3 is 4.57 Å². The Morgan fingerprint density at radius 3 is 2.71 bits per heavy atom. The first kappa shape index (κ1) is 9.99. The third-order valence-corrected chi connectivity index (χ3v) is 4.32. The van der Waals surface area contributed by atoms with E-state index >= 15 is 0 Å². The van der Waals surface area contributed by atoms with Gasteiger partial charge in [-0.1, -0.05) is 24.3 Å². The maximum absolute atomic E-state index is 3.76. The molecule has 0 fully saturated rings. The average molecular weight is 315 g/mol. The molecule has 72 valence electrons. The van der Waals surface area contributed by atoms with Crippen molar-refractivity contribution < 1.29 is 0 Å². The molecule has 0 aliphatic heterocycles. The zero-order chi connectivity index (χ0) is 10.1. The Kier molecular flexibility index (Phi) is 2.79. The van der Waals surface area contributed by atoms with Crippen LogP contribution in [0.1, 0.15) is 0 Å². The molecule has 0 unspecified atom stereocenters. The van der Waals surface area contributed by atoms with Gasteiger partial charge in [0, 0.05) is 11.9 Å². The van der Waals surface area contributed by atoms with Gasteiger partial charge in [-0.05, 0) is 37.9 Å². The second-order valence-electron chi connectivity index (χ2n) is 3.02. The van der Waals surface area contributed by atoms with Gasteiger partial charge >= 0.3 is 0 Å². The maximum atomic E-state index is 3.76. The van der Waals surface area contributed by atoms with Crippen molar-refractivity contribution in [2.24, 2.45) is 0 Å². The molecule has 1 nitrogen and oxygen atoms in total. The fraction of sp³-hybridized carbons (Fsp3) is 0.0909. The normalized spacial score (nSPS) is 10.7. The molecule has 0 aliphatic rings. The summed E-state index contributed by atoms with van der Waals surface area (Å²) in [6.45, 7) is 4.57.